The average Bonchev–Trinajstić information content (AvgIpc) is 2.49. The number of nitrogens with zero attached hydrogens (tertiary/aromatic N) is 2. The molecule has 2 N–H and O–H groups in total. The summed E-state index contributed by atoms with van der Waals surface area (Å²) in [6.45, 7) is 4.81. The Morgan fingerprint density at radius 2 is 2.36 bits per heavy atom. The zero-order valence-electron chi connectivity index (χ0n) is 9.36. The van der Waals surface area contributed by atoms with Crippen LogP contribution in [0.1, 0.15) is 13.3 Å². The topological polar surface area (TPSA) is 49.6 Å². The van der Waals surface area contributed by atoms with Crippen LogP contribution in [0.2, 0.25) is 0 Å². The smallest absolute Gasteiger partial charge is 0.238 e. The first-order valence-electron chi connectivity index (χ1n) is 5.19. The summed E-state index contributed by atoms with van der Waals surface area (Å²) >= 11 is 0. The van der Waals surface area contributed by atoms with Gasteiger partial charge in [-0.05, 0) is 32.9 Å². The van der Waals surface area contributed by atoms with E-state index < -0.39 is 0 Å². The molecule has 1 aliphatic rings. The first kappa shape index (κ1) is 11.5. The molecular weight excluding hydrogens is 178 g/mol. The highest BCUT2D eigenvalue weighted by Gasteiger charge is 2.23. The number of rotatable bonds is 3. The number of carbonyl (C=O) groups is 1. The molecule has 2 atom stereocenters. The summed E-state index contributed by atoms with van der Waals surface area (Å²) in [5.74, 6) is 0.659. The van der Waals surface area contributed by atoms with E-state index in [1.54, 1.807) is 11.8 Å². The van der Waals surface area contributed by atoms with Crippen LogP contribution < -0.4 is 5.73 Å². The van der Waals surface area contributed by atoms with Crippen molar-refractivity contribution in [3.8, 4) is 0 Å². The minimum atomic E-state index is -0.376. The number of likely N-dealkylation sites (tertiary alicyclic amines) is 1. The minimum absolute atomic E-state index is 0.0413. The van der Waals surface area contributed by atoms with E-state index in [0.717, 1.165) is 19.6 Å². The predicted molar refractivity (Wildman–Crippen MR) is 56.9 cm³/mol. The van der Waals surface area contributed by atoms with E-state index in [1.165, 1.54) is 6.42 Å². The van der Waals surface area contributed by atoms with Crippen molar-refractivity contribution in [3.05, 3.63) is 0 Å². The summed E-state index contributed by atoms with van der Waals surface area (Å²) in [6.07, 6.45) is 1.19. The second-order valence-corrected chi connectivity index (χ2v) is 4.42. The van der Waals surface area contributed by atoms with Crippen LogP contribution in [0, 0.1) is 5.92 Å². The number of nitrogens with two attached hydrogens (primary N) is 1. The molecule has 4 nitrogen and oxygen atoms in total. The third-order valence-electron chi connectivity index (χ3n) is 2.79. The molecule has 0 saturated carbocycles. The van der Waals surface area contributed by atoms with Gasteiger partial charge in [-0.25, -0.2) is 0 Å². The second-order valence-electron chi connectivity index (χ2n) is 4.42. The molecule has 0 radical (unpaired) electrons. The number of likely N-dealkylation sites (N-methyl/N-ethyl adjacent to an activating group) is 1. The predicted octanol–water partition coefficient (Wildman–Crippen LogP) is -0.256. The monoisotopic (exact) mass is 199 g/mol. The van der Waals surface area contributed by atoms with Crippen LogP contribution in [0.5, 0.6) is 0 Å². The van der Waals surface area contributed by atoms with Crippen LogP contribution in [-0.2, 0) is 4.79 Å². The second kappa shape index (κ2) is 4.75. The van der Waals surface area contributed by atoms with Gasteiger partial charge in [-0.3, -0.25) is 4.79 Å². The summed E-state index contributed by atoms with van der Waals surface area (Å²) in [4.78, 5) is 15.6. The fraction of sp³-hybridized carbons (Fsp3) is 0.900. The maximum Gasteiger partial charge on any atom is 0.238 e. The molecule has 0 aliphatic carbocycles. The molecule has 0 aromatic rings. The Bertz CT molecular complexity index is 206. The van der Waals surface area contributed by atoms with E-state index in [0.29, 0.717) is 5.92 Å². The molecule has 1 rings (SSSR count). The molecule has 82 valence electrons. The molecule has 14 heavy (non-hydrogen) atoms. The van der Waals surface area contributed by atoms with Gasteiger partial charge in [0.25, 0.3) is 0 Å². The molecule has 1 amide bonds. The van der Waals surface area contributed by atoms with Crippen LogP contribution in [0.4, 0.5) is 0 Å². The standard InChI is InChI=1S/C10H21N3O/c1-8(11)10(14)13(3)7-9-4-5-12(2)6-9/h8-9H,4-7,11H2,1-3H3/t8-,9+/m0/s1. The highest BCUT2D eigenvalue weighted by Crippen LogP contribution is 2.15. The van der Waals surface area contributed by atoms with Gasteiger partial charge in [0.15, 0.2) is 0 Å². The Morgan fingerprint density at radius 3 is 2.79 bits per heavy atom. The van der Waals surface area contributed by atoms with E-state index in [2.05, 4.69) is 11.9 Å². The van der Waals surface area contributed by atoms with Gasteiger partial charge in [0.2, 0.25) is 5.91 Å². The van der Waals surface area contributed by atoms with Crippen molar-refractivity contribution >= 4 is 5.91 Å². The fourth-order valence-corrected chi connectivity index (χ4v) is 2.00. The van der Waals surface area contributed by atoms with E-state index in [9.17, 15) is 4.79 Å². The maximum atomic E-state index is 11.5. The maximum absolute atomic E-state index is 11.5. The lowest BCUT2D eigenvalue weighted by Crippen LogP contribution is -2.42. The van der Waals surface area contributed by atoms with Crippen molar-refractivity contribution < 1.29 is 4.79 Å². The molecular formula is C10H21N3O. The highest BCUT2D eigenvalue weighted by atomic mass is 16.2. The molecule has 0 spiro atoms. The minimum Gasteiger partial charge on any atom is -0.344 e. The summed E-state index contributed by atoms with van der Waals surface area (Å²) in [5.41, 5.74) is 5.54. The van der Waals surface area contributed by atoms with Crippen molar-refractivity contribution in [2.75, 3.05) is 33.7 Å². The molecule has 1 aliphatic heterocycles. The van der Waals surface area contributed by atoms with Crippen molar-refractivity contribution in [1.82, 2.24) is 9.80 Å². The normalized spacial score (nSPS) is 25.0. The molecule has 4 heteroatoms. The van der Waals surface area contributed by atoms with Crippen molar-refractivity contribution in [3.63, 3.8) is 0 Å². The first-order valence-corrected chi connectivity index (χ1v) is 5.19. The largest absolute Gasteiger partial charge is 0.344 e. The summed E-state index contributed by atoms with van der Waals surface area (Å²) in [5, 5.41) is 0. The zero-order chi connectivity index (χ0) is 10.7. The summed E-state index contributed by atoms with van der Waals surface area (Å²) in [7, 11) is 3.96. The van der Waals surface area contributed by atoms with Gasteiger partial charge in [-0.1, -0.05) is 0 Å². The van der Waals surface area contributed by atoms with Gasteiger partial charge in [0.05, 0.1) is 6.04 Å². The molecule has 1 heterocycles. The van der Waals surface area contributed by atoms with Gasteiger partial charge < -0.3 is 15.5 Å². The van der Waals surface area contributed by atoms with Crippen LogP contribution in [0.15, 0.2) is 0 Å². The molecule has 0 aromatic heterocycles. The SMILES string of the molecule is C[C@H](N)C(=O)N(C)C[C@@H]1CCN(C)C1. The fourth-order valence-electron chi connectivity index (χ4n) is 2.00. The van der Waals surface area contributed by atoms with E-state index >= 15 is 0 Å². The Hall–Kier alpha value is -0.610. The number of hydrogen-bond donors (Lipinski definition) is 1. The third kappa shape index (κ3) is 2.96. The van der Waals surface area contributed by atoms with Gasteiger partial charge in [-0.2, -0.15) is 0 Å². The Balaban J connectivity index is 2.33. The Morgan fingerprint density at radius 1 is 1.71 bits per heavy atom. The van der Waals surface area contributed by atoms with Gasteiger partial charge in [0, 0.05) is 20.1 Å². The number of amides is 1. The first-order chi connectivity index (χ1) is 6.50. The van der Waals surface area contributed by atoms with Crippen LogP contribution in [0.3, 0.4) is 0 Å². The van der Waals surface area contributed by atoms with Crippen LogP contribution in [0.25, 0.3) is 0 Å². The molecule has 0 aromatic carbocycles. The molecule has 1 fully saturated rings. The van der Waals surface area contributed by atoms with Gasteiger partial charge >= 0.3 is 0 Å². The average molecular weight is 199 g/mol. The highest BCUT2D eigenvalue weighted by molar-refractivity contribution is 5.80. The summed E-state index contributed by atoms with van der Waals surface area (Å²) in [6, 6.07) is -0.376. The zero-order valence-corrected chi connectivity index (χ0v) is 9.36. The lowest BCUT2D eigenvalue weighted by atomic mass is 10.1. The lowest BCUT2D eigenvalue weighted by molar-refractivity contribution is -0.131. The molecule has 0 bridgehead atoms. The van der Waals surface area contributed by atoms with Crippen molar-refractivity contribution in [2.24, 2.45) is 11.7 Å². The van der Waals surface area contributed by atoms with E-state index in [-0.39, 0.29) is 11.9 Å². The summed E-state index contributed by atoms with van der Waals surface area (Å²) < 4.78 is 0. The van der Waals surface area contributed by atoms with Crippen molar-refractivity contribution in [1.29, 1.82) is 0 Å². The van der Waals surface area contributed by atoms with E-state index in [1.807, 2.05) is 7.05 Å². The number of hydrogen-bond acceptors (Lipinski definition) is 3. The van der Waals surface area contributed by atoms with Crippen molar-refractivity contribution in [2.45, 2.75) is 19.4 Å². The van der Waals surface area contributed by atoms with E-state index in [4.69, 9.17) is 5.73 Å². The quantitative estimate of drug-likeness (QED) is 0.681. The van der Waals surface area contributed by atoms with Crippen LogP contribution >= 0.6 is 0 Å². The lowest BCUT2D eigenvalue weighted by Gasteiger charge is -2.22. The molecule has 0 unspecified atom stereocenters. The van der Waals surface area contributed by atoms with Gasteiger partial charge in [-0.15, -0.1) is 0 Å². The Kier molecular flexibility index (Phi) is 3.89. The molecule has 1 saturated heterocycles. The number of carbonyl (C=O) groups excluding carboxylic acids is 1. The van der Waals surface area contributed by atoms with Gasteiger partial charge in [0.1, 0.15) is 0 Å². The third-order valence-corrected chi connectivity index (χ3v) is 2.79. The van der Waals surface area contributed by atoms with Crippen LogP contribution in [-0.4, -0.2) is 55.5 Å². The Labute approximate surface area is 86.0 Å².